The summed E-state index contributed by atoms with van der Waals surface area (Å²) in [7, 11) is -3.46. The molecule has 0 spiro atoms. The van der Waals surface area contributed by atoms with Gasteiger partial charge in [-0.3, -0.25) is 0 Å². The maximum Gasteiger partial charge on any atom is 0.240 e. The van der Waals surface area contributed by atoms with Gasteiger partial charge in [0.2, 0.25) is 10.0 Å². The first-order chi connectivity index (χ1) is 9.73. The first-order valence-electron chi connectivity index (χ1n) is 7.52. The van der Waals surface area contributed by atoms with Crippen molar-refractivity contribution in [3.05, 3.63) is 29.3 Å². The van der Waals surface area contributed by atoms with Crippen LogP contribution in [0, 0.1) is 12.3 Å². The van der Waals surface area contributed by atoms with Crippen LogP contribution in [0.3, 0.4) is 0 Å². The van der Waals surface area contributed by atoms with Gasteiger partial charge in [0.15, 0.2) is 0 Å². The Morgan fingerprint density at radius 3 is 2.43 bits per heavy atom. The van der Waals surface area contributed by atoms with Crippen LogP contribution in [0.1, 0.15) is 45.2 Å². The van der Waals surface area contributed by atoms with Gasteiger partial charge in [0, 0.05) is 13.1 Å². The van der Waals surface area contributed by atoms with Crippen molar-refractivity contribution in [2.75, 3.05) is 13.1 Å². The molecule has 120 valence electrons. The smallest absolute Gasteiger partial charge is 0.240 e. The molecule has 1 aromatic rings. The number of hydrogen-bond donors (Lipinski definition) is 2. The Kier molecular flexibility index (Phi) is 6.38. The van der Waals surface area contributed by atoms with Gasteiger partial charge in [-0.2, -0.15) is 0 Å². The van der Waals surface area contributed by atoms with E-state index in [9.17, 15) is 8.42 Å². The SMILES string of the molecule is CCNCc1cccc(S(=O)(=O)NCC(C)(C)CC)c1C. The fourth-order valence-electron chi connectivity index (χ4n) is 1.90. The van der Waals surface area contributed by atoms with Gasteiger partial charge in [-0.25, -0.2) is 13.1 Å². The standard InChI is InChI=1S/C16H28N2O2S/c1-6-16(4,5)12-18-21(19,20)15-10-8-9-14(13(15)3)11-17-7-2/h8-10,17-18H,6-7,11-12H2,1-5H3. The minimum Gasteiger partial charge on any atom is -0.313 e. The Balaban J connectivity index is 2.98. The number of nitrogens with one attached hydrogen (secondary N) is 2. The Labute approximate surface area is 129 Å². The molecule has 0 aliphatic heterocycles. The van der Waals surface area contributed by atoms with Crippen molar-refractivity contribution in [3.63, 3.8) is 0 Å². The van der Waals surface area contributed by atoms with Crippen molar-refractivity contribution in [2.45, 2.75) is 52.5 Å². The second-order valence-electron chi connectivity index (χ2n) is 6.16. The molecule has 0 bridgehead atoms. The van der Waals surface area contributed by atoms with Crippen LogP contribution in [0.4, 0.5) is 0 Å². The van der Waals surface area contributed by atoms with E-state index in [-0.39, 0.29) is 5.41 Å². The largest absolute Gasteiger partial charge is 0.313 e. The van der Waals surface area contributed by atoms with Crippen molar-refractivity contribution in [1.29, 1.82) is 0 Å². The summed E-state index contributed by atoms with van der Waals surface area (Å²) in [6.45, 7) is 12.1. The van der Waals surface area contributed by atoms with E-state index in [1.165, 1.54) is 0 Å². The van der Waals surface area contributed by atoms with Crippen molar-refractivity contribution in [1.82, 2.24) is 10.0 Å². The summed E-state index contributed by atoms with van der Waals surface area (Å²) in [4.78, 5) is 0.379. The summed E-state index contributed by atoms with van der Waals surface area (Å²) in [5, 5.41) is 3.23. The van der Waals surface area contributed by atoms with Gasteiger partial charge < -0.3 is 5.32 Å². The van der Waals surface area contributed by atoms with Crippen molar-refractivity contribution >= 4 is 10.0 Å². The van der Waals surface area contributed by atoms with E-state index in [1.807, 2.05) is 19.9 Å². The molecule has 0 fully saturated rings. The van der Waals surface area contributed by atoms with Gasteiger partial charge in [0.1, 0.15) is 0 Å². The Morgan fingerprint density at radius 1 is 1.19 bits per heavy atom. The van der Waals surface area contributed by atoms with Gasteiger partial charge in [-0.15, -0.1) is 0 Å². The number of benzene rings is 1. The lowest BCUT2D eigenvalue weighted by molar-refractivity contribution is 0.350. The molecule has 0 aliphatic rings. The molecule has 21 heavy (non-hydrogen) atoms. The predicted octanol–water partition coefficient (Wildman–Crippen LogP) is 2.82. The summed E-state index contributed by atoms with van der Waals surface area (Å²) in [5.74, 6) is 0. The Hall–Kier alpha value is -0.910. The monoisotopic (exact) mass is 312 g/mol. The zero-order valence-electron chi connectivity index (χ0n) is 13.8. The molecule has 0 aromatic heterocycles. The molecule has 0 saturated heterocycles. The fraction of sp³-hybridized carbons (Fsp3) is 0.625. The molecular weight excluding hydrogens is 284 g/mol. The van der Waals surface area contributed by atoms with Crippen LogP contribution in [0.25, 0.3) is 0 Å². The van der Waals surface area contributed by atoms with E-state index in [2.05, 4.69) is 30.8 Å². The molecule has 0 aliphatic carbocycles. The summed E-state index contributed by atoms with van der Waals surface area (Å²) < 4.78 is 27.8. The first-order valence-corrected chi connectivity index (χ1v) is 9.00. The molecular formula is C16H28N2O2S. The highest BCUT2D eigenvalue weighted by Gasteiger charge is 2.22. The van der Waals surface area contributed by atoms with Crippen LogP contribution < -0.4 is 10.0 Å². The molecule has 0 unspecified atom stereocenters. The first kappa shape index (κ1) is 18.1. The van der Waals surface area contributed by atoms with Crippen molar-refractivity contribution in [2.24, 2.45) is 5.41 Å². The second kappa shape index (κ2) is 7.38. The minimum atomic E-state index is -3.46. The lowest BCUT2D eigenvalue weighted by Crippen LogP contribution is -2.34. The highest BCUT2D eigenvalue weighted by Crippen LogP contribution is 2.22. The number of rotatable bonds is 8. The average Bonchev–Trinajstić information content (AvgIpc) is 2.44. The van der Waals surface area contributed by atoms with E-state index in [4.69, 9.17) is 0 Å². The molecule has 5 heteroatoms. The lowest BCUT2D eigenvalue weighted by atomic mass is 9.91. The van der Waals surface area contributed by atoms with Crippen molar-refractivity contribution < 1.29 is 8.42 Å². The molecule has 0 saturated carbocycles. The molecule has 0 atom stereocenters. The van der Waals surface area contributed by atoms with Crippen LogP contribution in [0.15, 0.2) is 23.1 Å². The van der Waals surface area contributed by atoms with Crippen LogP contribution in [-0.2, 0) is 16.6 Å². The highest BCUT2D eigenvalue weighted by molar-refractivity contribution is 7.89. The quantitative estimate of drug-likeness (QED) is 0.776. The van der Waals surface area contributed by atoms with Crippen LogP contribution in [-0.4, -0.2) is 21.5 Å². The summed E-state index contributed by atoms with van der Waals surface area (Å²) >= 11 is 0. The lowest BCUT2D eigenvalue weighted by Gasteiger charge is -2.23. The normalized spacial score (nSPS) is 12.6. The van der Waals surface area contributed by atoms with E-state index >= 15 is 0 Å². The topological polar surface area (TPSA) is 58.2 Å². The summed E-state index contributed by atoms with van der Waals surface area (Å²) in [6, 6.07) is 5.44. The Morgan fingerprint density at radius 2 is 1.86 bits per heavy atom. The molecule has 0 heterocycles. The zero-order chi connectivity index (χ0) is 16.1. The molecule has 0 amide bonds. The van der Waals surface area contributed by atoms with Gasteiger partial charge in [-0.1, -0.05) is 39.8 Å². The number of sulfonamides is 1. The third-order valence-corrected chi connectivity index (χ3v) is 5.49. The maximum absolute atomic E-state index is 12.5. The molecule has 1 rings (SSSR count). The van der Waals surface area contributed by atoms with Crippen molar-refractivity contribution in [3.8, 4) is 0 Å². The van der Waals surface area contributed by atoms with Gasteiger partial charge in [-0.05, 0) is 42.5 Å². The van der Waals surface area contributed by atoms with E-state index in [0.29, 0.717) is 18.0 Å². The molecule has 1 aromatic carbocycles. The third-order valence-electron chi connectivity index (χ3n) is 3.95. The Bertz CT molecular complexity index is 566. The van der Waals surface area contributed by atoms with Crippen LogP contribution in [0.5, 0.6) is 0 Å². The second-order valence-corrected chi connectivity index (χ2v) is 7.90. The van der Waals surface area contributed by atoms with Crippen LogP contribution >= 0.6 is 0 Å². The van der Waals surface area contributed by atoms with Gasteiger partial charge in [0.25, 0.3) is 0 Å². The molecule has 2 N–H and O–H groups in total. The average molecular weight is 312 g/mol. The van der Waals surface area contributed by atoms with E-state index < -0.39 is 10.0 Å². The summed E-state index contributed by atoms with van der Waals surface area (Å²) in [5.41, 5.74) is 1.80. The maximum atomic E-state index is 12.5. The molecule has 0 radical (unpaired) electrons. The summed E-state index contributed by atoms with van der Waals surface area (Å²) in [6.07, 6.45) is 0.926. The highest BCUT2D eigenvalue weighted by atomic mass is 32.2. The predicted molar refractivity (Wildman–Crippen MR) is 87.8 cm³/mol. The van der Waals surface area contributed by atoms with E-state index in [0.717, 1.165) is 24.1 Å². The zero-order valence-corrected chi connectivity index (χ0v) is 14.6. The molecule has 4 nitrogen and oxygen atoms in total. The fourth-order valence-corrected chi connectivity index (χ4v) is 3.42. The minimum absolute atomic E-state index is 0.0393. The van der Waals surface area contributed by atoms with Crippen LogP contribution in [0.2, 0.25) is 0 Å². The number of hydrogen-bond acceptors (Lipinski definition) is 3. The van der Waals surface area contributed by atoms with Gasteiger partial charge in [0.05, 0.1) is 4.90 Å². The third kappa shape index (κ3) is 5.09. The van der Waals surface area contributed by atoms with E-state index in [1.54, 1.807) is 12.1 Å². The van der Waals surface area contributed by atoms with Gasteiger partial charge >= 0.3 is 0 Å².